The second kappa shape index (κ2) is 7.39. The number of aryl methyl sites for hydroxylation is 1. The molecule has 7 heteroatoms. The number of rotatable bonds is 6. The Bertz CT molecular complexity index is 939. The molecule has 5 nitrogen and oxygen atoms in total. The molecular weight excluding hydrogens is 360 g/mol. The molecule has 130 valence electrons. The lowest BCUT2D eigenvalue weighted by atomic mass is 10.1. The molecule has 0 N–H and O–H groups in total. The highest BCUT2D eigenvalue weighted by Crippen LogP contribution is 2.22. The molecule has 0 bridgehead atoms. The van der Waals surface area contributed by atoms with Crippen molar-refractivity contribution in [3.63, 3.8) is 0 Å². The van der Waals surface area contributed by atoms with Gasteiger partial charge >= 0.3 is 0 Å². The van der Waals surface area contributed by atoms with E-state index in [9.17, 15) is 8.42 Å². The van der Waals surface area contributed by atoms with Gasteiger partial charge in [-0.05, 0) is 36.8 Å². The molecule has 2 heterocycles. The molecular formula is C18H17ClN2O3S. The van der Waals surface area contributed by atoms with Crippen LogP contribution in [-0.4, -0.2) is 17.7 Å². The second-order valence-electron chi connectivity index (χ2n) is 5.66. The fraction of sp³-hybridized carbons (Fsp3) is 0.167. The van der Waals surface area contributed by atoms with Crippen LogP contribution in [0.4, 0.5) is 0 Å². The van der Waals surface area contributed by atoms with Gasteiger partial charge in [0.2, 0.25) is 10.0 Å². The number of sulfonamides is 1. The van der Waals surface area contributed by atoms with Gasteiger partial charge in [-0.15, -0.1) is 0 Å². The Morgan fingerprint density at radius 1 is 1.12 bits per heavy atom. The summed E-state index contributed by atoms with van der Waals surface area (Å²) in [5.41, 5.74) is 1.97. The molecule has 0 spiro atoms. The predicted molar refractivity (Wildman–Crippen MR) is 95.6 cm³/mol. The van der Waals surface area contributed by atoms with Gasteiger partial charge in [0.25, 0.3) is 0 Å². The minimum Gasteiger partial charge on any atom is -0.468 e. The minimum absolute atomic E-state index is 0.0936. The van der Waals surface area contributed by atoms with Crippen LogP contribution in [-0.2, 0) is 23.1 Å². The number of halogens is 1. The van der Waals surface area contributed by atoms with Gasteiger partial charge in [-0.25, -0.2) is 13.4 Å². The van der Waals surface area contributed by atoms with Crippen LogP contribution in [0.25, 0.3) is 0 Å². The molecule has 0 radical (unpaired) electrons. The SMILES string of the molecule is Cc1cccc(CN(Cc2ccco2)S(=O)(=O)c2ccc(Cl)nc2)c1. The summed E-state index contributed by atoms with van der Waals surface area (Å²) in [7, 11) is -3.75. The van der Waals surface area contributed by atoms with E-state index in [0.29, 0.717) is 5.76 Å². The number of hydrogen-bond acceptors (Lipinski definition) is 4. The first-order chi connectivity index (χ1) is 11.9. The summed E-state index contributed by atoms with van der Waals surface area (Å²) in [6.07, 6.45) is 2.79. The van der Waals surface area contributed by atoms with E-state index in [-0.39, 0.29) is 23.1 Å². The Morgan fingerprint density at radius 2 is 1.96 bits per heavy atom. The Hall–Kier alpha value is -2.15. The van der Waals surface area contributed by atoms with Crippen molar-refractivity contribution in [1.82, 2.24) is 9.29 Å². The van der Waals surface area contributed by atoms with Crippen molar-refractivity contribution in [3.05, 3.63) is 83.0 Å². The van der Waals surface area contributed by atoms with Gasteiger partial charge in [0.15, 0.2) is 0 Å². The molecule has 0 saturated heterocycles. The summed E-state index contributed by atoms with van der Waals surface area (Å²) < 4.78 is 32.8. The summed E-state index contributed by atoms with van der Waals surface area (Å²) >= 11 is 5.77. The topological polar surface area (TPSA) is 63.4 Å². The van der Waals surface area contributed by atoms with Crippen LogP contribution in [0.2, 0.25) is 5.15 Å². The van der Waals surface area contributed by atoms with Gasteiger partial charge in [0, 0.05) is 12.7 Å². The van der Waals surface area contributed by atoms with Crippen molar-refractivity contribution in [2.45, 2.75) is 24.9 Å². The highest BCUT2D eigenvalue weighted by atomic mass is 35.5. The first kappa shape index (κ1) is 17.7. The Labute approximate surface area is 151 Å². The van der Waals surface area contributed by atoms with Crippen LogP contribution < -0.4 is 0 Å². The molecule has 2 aromatic heterocycles. The van der Waals surface area contributed by atoms with E-state index in [2.05, 4.69) is 4.98 Å². The molecule has 0 aliphatic heterocycles. The van der Waals surface area contributed by atoms with Crippen LogP contribution >= 0.6 is 11.6 Å². The molecule has 1 aromatic carbocycles. The van der Waals surface area contributed by atoms with Crippen molar-refractivity contribution in [1.29, 1.82) is 0 Å². The van der Waals surface area contributed by atoms with Gasteiger partial charge in [-0.3, -0.25) is 0 Å². The summed E-state index contributed by atoms with van der Waals surface area (Å²) in [5, 5.41) is 0.246. The number of aromatic nitrogens is 1. The Balaban J connectivity index is 1.96. The zero-order valence-electron chi connectivity index (χ0n) is 13.6. The summed E-state index contributed by atoms with van der Waals surface area (Å²) in [5.74, 6) is 0.568. The summed E-state index contributed by atoms with van der Waals surface area (Å²) in [6.45, 7) is 2.33. The zero-order valence-corrected chi connectivity index (χ0v) is 15.2. The fourth-order valence-electron chi connectivity index (χ4n) is 2.48. The maximum Gasteiger partial charge on any atom is 0.245 e. The number of furan rings is 1. The van der Waals surface area contributed by atoms with Crippen LogP contribution in [0.1, 0.15) is 16.9 Å². The van der Waals surface area contributed by atoms with Crippen LogP contribution in [0, 0.1) is 6.92 Å². The third kappa shape index (κ3) is 4.28. The number of hydrogen-bond donors (Lipinski definition) is 0. The molecule has 0 fully saturated rings. The van der Waals surface area contributed by atoms with Gasteiger partial charge in [-0.1, -0.05) is 41.4 Å². The first-order valence-corrected chi connectivity index (χ1v) is 9.46. The predicted octanol–water partition coefficient (Wildman–Crippen LogP) is 4.03. The number of benzene rings is 1. The minimum atomic E-state index is -3.75. The van der Waals surface area contributed by atoms with Crippen molar-refractivity contribution in [3.8, 4) is 0 Å². The van der Waals surface area contributed by atoms with Crippen LogP contribution in [0.5, 0.6) is 0 Å². The Kier molecular flexibility index (Phi) is 5.22. The monoisotopic (exact) mass is 376 g/mol. The van der Waals surface area contributed by atoms with E-state index in [1.165, 1.54) is 28.9 Å². The number of pyridine rings is 1. The van der Waals surface area contributed by atoms with Crippen molar-refractivity contribution in [2.75, 3.05) is 0 Å². The molecule has 0 amide bonds. The highest BCUT2D eigenvalue weighted by Gasteiger charge is 2.26. The molecule has 0 unspecified atom stereocenters. The molecule has 0 atom stereocenters. The molecule has 3 aromatic rings. The lowest BCUT2D eigenvalue weighted by Gasteiger charge is -2.21. The van der Waals surface area contributed by atoms with E-state index in [1.807, 2.05) is 31.2 Å². The van der Waals surface area contributed by atoms with E-state index in [1.54, 1.807) is 12.1 Å². The molecule has 0 aliphatic carbocycles. The van der Waals surface area contributed by atoms with Gasteiger partial charge < -0.3 is 4.42 Å². The van der Waals surface area contributed by atoms with Crippen molar-refractivity contribution >= 4 is 21.6 Å². The van der Waals surface area contributed by atoms with Crippen LogP contribution in [0.3, 0.4) is 0 Å². The van der Waals surface area contributed by atoms with E-state index < -0.39 is 10.0 Å². The lowest BCUT2D eigenvalue weighted by Crippen LogP contribution is -2.30. The second-order valence-corrected chi connectivity index (χ2v) is 7.98. The third-order valence-electron chi connectivity index (χ3n) is 3.69. The van der Waals surface area contributed by atoms with Gasteiger partial charge in [-0.2, -0.15) is 4.31 Å². The first-order valence-electron chi connectivity index (χ1n) is 7.65. The smallest absolute Gasteiger partial charge is 0.245 e. The standard InChI is InChI=1S/C18H17ClN2O3S/c1-14-4-2-5-15(10-14)12-21(13-16-6-3-9-24-16)25(22,23)17-7-8-18(19)20-11-17/h2-11H,12-13H2,1H3. The maximum atomic E-state index is 13.1. The molecule has 0 saturated carbocycles. The largest absolute Gasteiger partial charge is 0.468 e. The third-order valence-corrected chi connectivity index (χ3v) is 5.69. The quantitative estimate of drug-likeness (QED) is 0.609. The van der Waals surface area contributed by atoms with Crippen molar-refractivity contribution in [2.24, 2.45) is 0 Å². The van der Waals surface area contributed by atoms with E-state index >= 15 is 0 Å². The van der Waals surface area contributed by atoms with Crippen molar-refractivity contribution < 1.29 is 12.8 Å². The van der Waals surface area contributed by atoms with Gasteiger partial charge in [0.1, 0.15) is 15.8 Å². The van der Waals surface area contributed by atoms with E-state index in [4.69, 9.17) is 16.0 Å². The number of nitrogens with zero attached hydrogens (tertiary/aromatic N) is 2. The summed E-state index contributed by atoms with van der Waals surface area (Å²) in [6, 6.07) is 14.1. The lowest BCUT2D eigenvalue weighted by molar-refractivity contribution is 0.358. The Morgan fingerprint density at radius 3 is 2.60 bits per heavy atom. The molecule has 25 heavy (non-hydrogen) atoms. The summed E-state index contributed by atoms with van der Waals surface area (Å²) in [4.78, 5) is 3.98. The van der Waals surface area contributed by atoms with Crippen LogP contribution in [0.15, 0.2) is 70.3 Å². The van der Waals surface area contributed by atoms with E-state index in [0.717, 1.165) is 11.1 Å². The normalized spacial score (nSPS) is 11.8. The zero-order chi connectivity index (χ0) is 17.9. The maximum absolute atomic E-state index is 13.1. The molecule has 0 aliphatic rings. The van der Waals surface area contributed by atoms with Gasteiger partial charge in [0.05, 0.1) is 12.8 Å². The average Bonchev–Trinajstić information content (AvgIpc) is 3.08. The highest BCUT2D eigenvalue weighted by molar-refractivity contribution is 7.89. The molecule has 3 rings (SSSR count). The average molecular weight is 377 g/mol. The fourth-order valence-corrected chi connectivity index (χ4v) is 3.93.